The first-order valence-electron chi connectivity index (χ1n) is 6.60. The first-order chi connectivity index (χ1) is 10.6. The number of benzene rings is 1. The summed E-state index contributed by atoms with van der Waals surface area (Å²) in [5, 5.41) is 23.2. The Bertz CT molecular complexity index is 841. The molecule has 0 aliphatic carbocycles. The number of rotatable bonds is 3. The number of pyridine rings is 1. The van der Waals surface area contributed by atoms with Crippen molar-refractivity contribution in [3.8, 4) is 22.6 Å². The number of para-hydroxylation sites is 1. The second-order valence-electron chi connectivity index (χ2n) is 4.81. The molecule has 0 atom stereocenters. The fourth-order valence-corrected chi connectivity index (χ4v) is 2.22. The van der Waals surface area contributed by atoms with E-state index in [1.54, 1.807) is 24.0 Å². The van der Waals surface area contributed by atoms with Crippen molar-refractivity contribution in [2.24, 2.45) is 0 Å². The van der Waals surface area contributed by atoms with Gasteiger partial charge in [0, 0.05) is 29.1 Å². The summed E-state index contributed by atoms with van der Waals surface area (Å²) in [4.78, 5) is 14.8. The van der Waals surface area contributed by atoms with Gasteiger partial charge in [-0.2, -0.15) is 5.10 Å². The van der Waals surface area contributed by atoms with E-state index in [9.17, 15) is 9.90 Å². The highest BCUT2D eigenvalue weighted by Gasteiger charge is 2.17. The molecule has 0 amide bonds. The molecule has 3 aromatic rings. The molecule has 0 bridgehead atoms. The lowest BCUT2D eigenvalue weighted by atomic mass is 10.0. The summed E-state index contributed by atoms with van der Waals surface area (Å²) in [6, 6.07) is 9.60. The summed E-state index contributed by atoms with van der Waals surface area (Å²) in [5.74, 6) is -1.58. The number of aromatic nitrogens is 3. The Morgan fingerprint density at radius 2 is 1.91 bits per heavy atom. The number of aromatic hydroxyl groups is 1. The van der Waals surface area contributed by atoms with Crippen molar-refractivity contribution < 1.29 is 15.0 Å². The summed E-state index contributed by atoms with van der Waals surface area (Å²) in [6.07, 6.45) is 4.89. The second kappa shape index (κ2) is 5.33. The molecule has 6 heteroatoms. The fourth-order valence-electron chi connectivity index (χ4n) is 2.22. The third-order valence-electron chi connectivity index (χ3n) is 3.42. The number of aromatic carboxylic acids is 1. The number of hydrogen-bond acceptors (Lipinski definition) is 4. The number of carboxylic acid groups (broad SMARTS) is 1. The first-order valence-corrected chi connectivity index (χ1v) is 6.60. The van der Waals surface area contributed by atoms with Gasteiger partial charge in [-0.3, -0.25) is 0 Å². The Hall–Kier alpha value is -3.15. The summed E-state index contributed by atoms with van der Waals surface area (Å²) < 4.78 is 1.71. The maximum absolute atomic E-state index is 11.0. The molecule has 0 saturated heterocycles. The van der Waals surface area contributed by atoms with Crippen molar-refractivity contribution >= 4 is 5.97 Å². The summed E-state index contributed by atoms with van der Waals surface area (Å²) in [5.41, 5.74) is 2.41. The predicted molar refractivity (Wildman–Crippen MR) is 80.2 cm³/mol. The minimum Gasteiger partial charge on any atom is -0.505 e. The lowest BCUT2D eigenvalue weighted by Gasteiger charge is -2.07. The van der Waals surface area contributed by atoms with Crippen molar-refractivity contribution in [2.45, 2.75) is 6.92 Å². The smallest absolute Gasteiger partial charge is 0.358 e. The van der Waals surface area contributed by atoms with Gasteiger partial charge < -0.3 is 10.2 Å². The molecule has 0 radical (unpaired) electrons. The molecule has 0 unspecified atom stereocenters. The lowest BCUT2D eigenvalue weighted by molar-refractivity contribution is 0.0687. The SMILES string of the molecule is Cc1c(-c2cnn(-c3ccccc3)c2)cnc(C(=O)O)c1O. The van der Waals surface area contributed by atoms with Gasteiger partial charge in [0.2, 0.25) is 0 Å². The van der Waals surface area contributed by atoms with Gasteiger partial charge >= 0.3 is 5.97 Å². The van der Waals surface area contributed by atoms with E-state index in [1.807, 2.05) is 30.3 Å². The normalized spacial score (nSPS) is 10.6. The highest BCUT2D eigenvalue weighted by Crippen LogP contribution is 2.30. The largest absolute Gasteiger partial charge is 0.505 e. The minimum absolute atomic E-state index is 0.322. The zero-order chi connectivity index (χ0) is 15.7. The van der Waals surface area contributed by atoms with Crippen molar-refractivity contribution in [3.05, 3.63) is 60.2 Å². The topological polar surface area (TPSA) is 88.2 Å². The van der Waals surface area contributed by atoms with Crippen LogP contribution in [0.25, 0.3) is 16.8 Å². The van der Waals surface area contributed by atoms with Crippen LogP contribution in [-0.4, -0.2) is 30.9 Å². The maximum atomic E-state index is 11.0. The molecular weight excluding hydrogens is 282 g/mol. The van der Waals surface area contributed by atoms with Gasteiger partial charge in [-0.05, 0) is 19.1 Å². The third kappa shape index (κ3) is 2.31. The molecule has 0 saturated carbocycles. The van der Waals surface area contributed by atoms with Crippen molar-refractivity contribution in [2.75, 3.05) is 0 Å². The highest BCUT2D eigenvalue weighted by atomic mass is 16.4. The van der Waals surface area contributed by atoms with E-state index in [-0.39, 0.29) is 11.4 Å². The fraction of sp³-hybridized carbons (Fsp3) is 0.0625. The summed E-state index contributed by atoms with van der Waals surface area (Å²) >= 11 is 0. The molecule has 0 fully saturated rings. The van der Waals surface area contributed by atoms with Gasteiger partial charge in [-0.15, -0.1) is 0 Å². The quantitative estimate of drug-likeness (QED) is 0.775. The average molecular weight is 295 g/mol. The molecule has 2 N–H and O–H groups in total. The molecule has 2 heterocycles. The lowest BCUT2D eigenvalue weighted by Crippen LogP contribution is -2.02. The third-order valence-corrected chi connectivity index (χ3v) is 3.42. The van der Waals surface area contributed by atoms with Crippen LogP contribution in [0.5, 0.6) is 5.75 Å². The van der Waals surface area contributed by atoms with Crippen molar-refractivity contribution in [1.82, 2.24) is 14.8 Å². The molecule has 2 aromatic heterocycles. The van der Waals surface area contributed by atoms with Crippen LogP contribution in [0.15, 0.2) is 48.9 Å². The van der Waals surface area contributed by atoms with E-state index in [0.717, 1.165) is 11.3 Å². The van der Waals surface area contributed by atoms with Gasteiger partial charge in [0.1, 0.15) is 0 Å². The molecular formula is C16H13N3O3. The van der Waals surface area contributed by atoms with E-state index in [1.165, 1.54) is 6.20 Å². The Balaban J connectivity index is 2.04. The van der Waals surface area contributed by atoms with E-state index in [2.05, 4.69) is 10.1 Å². The first kappa shape index (κ1) is 13.8. The molecule has 1 aromatic carbocycles. The van der Waals surface area contributed by atoms with Crippen LogP contribution in [0.2, 0.25) is 0 Å². The van der Waals surface area contributed by atoms with Gasteiger partial charge in [-0.1, -0.05) is 18.2 Å². The Kier molecular flexibility index (Phi) is 3.34. The van der Waals surface area contributed by atoms with Crippen LogP contribution in [0.3, 0.4) is 0 Å². The van der Waals surface area contributed by atoms with E-state index >= 15 is 0 Å². The summed E-state index contributed by atoms with van der Waals surface area (Å²) in [6.45, 7) is 1.65. The predicted octanol–water partition coefficient (Wildman–Crippen LogP) is 2.65. The zero-order valence-corrected chi connectivity index (χ0v) is 11.8. The number of carbonyl (C=O) groups is 1. The Morgan fingerprint density at radius 1 is 1.18 bits per heavy atom. The summed E-state index contributed by atoms with van der Waals surface area (Å²) in [7, 11) is 0. The standard InChI is InChI=1S/C16H13N3O3/c1-10-13(8-17-14(15(10)20)16(21)22)11-7-18-19(9-11)12-5-3-2-4-6-12/h2-9,20H,1H3,(H,21,22). The van der Waals surface area contributed by atoms with Crippen LogP contribution >= 0.6 is 0 Å². The Morgan fingerprint density at radius 3 is 2.59 bits per heavy atom. The van der Waals surface area contributed by atoms with Gasteiger partial charge in [-0.25, -0.2) is 14.5 Å². The molecule has 22 heavy (non-hydrogen) atoms. The second-order valence-corrected chi connectivity index (χ2v) is 4.81. The maximum Gasteiger partial charge on any atom is 0.358 e. The molecule has 110 valence electrons. The zero-order valence-electron chi connectivity index (χ0n) is 11.8. The number of hydrogen-bond donors (Lipinski definition) is 2. The molecule has 0 spiro atoms. The van der Waals surface area contributed by atoms with Crippen LogP contribution in [0, 0.1) is 6.92 Å². The monoisotopic (exact) mass is 295 g/mol. The van der Waals surface area contributed by atoms with Gasteiger partial charge in [0.25, 0.3) is 0 Å². The molecule has 6 nitrogen and oxygen atoms in total. The molecule has 0 aliphatic rings. The number of carboxylic acids is 1. The van der Waals surface area contributed by atoms with Crippen molar-refractivity contribution in [1.29, 1.82) is 0 Å². The van der Waals surface area contributed by atoms with Gasteiger partial charge in [0.15, 0.2) is 11.4 Å². The van der Waals surface area contributed by atoms with Gasteiger partial charge in [0.05, 0.1) is 11.9 Å². The van der Waals surface area contributed by atoms with E-state index < -0.39 is 5.97 Å². The van der Waals surface area contributed by atoms with Crippen LogP contribution < -0.4 is 0 Å². The number of nitrogens with zero attached hydrogens (tertiary/aromatic N) is 3. The molecule has 3 rings (SSSR count). The van der Waals surface area contributed by atoms with Crippen molar-refractivity contribution in [3.63, 3.8) is 0 Å². The highest BCUT2D eigenvalue weighted by molar-refractivity contribution is 5.90. The minimum atomic E-state index is -1.26. The van der Waals surface area contributed by atoms with E-state index in [0.29, 0.717) is 11.1 Å². The molecule has 0 aliphatic heterocycles. The van der Waals surface area contributed by atoms with Crippen LogP contribution in [0.4, 0.5) is 0 Å². The average Bonchev–Trinajstić information content (AvgIpc) is 3.00. The Labute approximate surface area is 126 Å². The van der Waals surface area contributed by atoms with Crippen LogP contribution in [0.1, 0.15) is 16.1 Å². The van der Waals surface area contributed by atoms with E-state index in [4.69, 9.17) is 5.11 Å². The van der Waals surface area contributed by atoms with Crippen LogP contribution in [-0.2, 0) is 0 Å².